The predicted octanol–water partition coefficient (Wildman–Crippen LogP) is 4.31. The number of aromatic nitrogens is 2. The Morgan fingerprint density at radius 1 is 1.35 bits per heavy atom. The zero-order chi connectivity index (χ0) is 14.7. The van der Waals surface area contributed by atoms with Gasteiger partial charge in [-0.05, 0) is 24.1 Å². The number of benzene rings is 1. The van der Waals surface area contributed by atoms with Crippen LogP contribution in [-0.4, -0.2) is 29.1 Å². The van der Waals surface area contributed by atoms with E-state index in [0.29, 0.717) is 23.4 Å². The molecule has 0 amide bonds. The molecule has 0 bridgehead atoms. The fourth-order valence-electron chi connectivity index (χ4n) is 2.49. The Labute approximate surface area is 129 Å². The number of ether oxygens (including phenoxy) is 1. The summed E-state index contributed by atoms with van der Waals surface area (Å²) >= 11 is 12.0. The average Bonchev–Trinajstić information content (AvgIpc) is 2.73. The molecule has 0 N–H and O–H groups in total. The number of rotatable bonds is 6. The van der Waals surface area contributed by atoms with Gasteiger partial charge in [-0.1, -0.05) is 25.4 Å². The SMILES string of the molecule is COCC(C(C)C)n1c(CCCl)nc2cc(Cl)ccc21. The third kappa shape index (κ3) is 3.11. The van der Waals surface area contributed by atoms with Gasteiger partial charge in [0.2, 0.25) is 0 Å². The molecule has 1 atom stereocenters. The lowest BCUT2D eigenvalue weighted by atomic mass is 10.0. The molecule has 0 aliphatic carbocycles. The summed E-state index contributed by atoms with van der Waals surface area (Å²) in [6.45, 7) is 5.03. The first kappa shape index (κ1) is 15.6. The topological polar surface area (TPSA) is 27.1 Å². The first-order valence-corrected chi connectivity index (χ1v) is 7.71. The highest BCUT2D eigenvalue weighted by Crippen LogP contribution is 2.28. The van der Waals surface area contributed by atoms with Crippen LogP contribution in [0.2, 0.25) is 5.02 Å². The second-order valence-electron chi connectivity index (χ2n) is 5.24. The van der Waals surface area contributed by atoms with Crippen LogP contribution in [0.3, 0.4) is 0 Å². The maximum Gasteiger partial charge on any atom is 0.111 e. The number of fused-ring (bicyclic) bond motifs is 1. The maximum atomic E-state index is 6.06. The summed E-state index contributed by atoms with van der Waals surface area (Å²) in [5.74, 6) is 1.99. The molecule has 3 nitrogen and oxygen atoms in total. The van der Waals surface area contributed by atoms with Gasteiger partial charge in [-0.25, -0.2) is 4.98 Å². The van der Waals surface area contributed by atoms with Crippen LogP contribution in [0.1, 0.15) is 25.7 Å². The molecule has 1 heterocycles. The first-order valence-electron chi connectivity index (χ1n) is 6.79. The van der Waals surface area contributed by atoms with Gasteiger partial charge < -0.3 is 9.30 Å². The molecule has 5 heteroatoms. The summed E-state index contributed by atoms with van der Waals surface area (Å²) in [4.78, 5) is 4.69. The second-order valence-corrected chi connectivity index (χ2v) is 6.05. The molecule has 0 fully saturated rings. The van der Waals surface area contributed by atoms with Crippen LogP contribution in [0.25, 0.3) is 11.0 Å². The highest BCUT2D eigenvalue weighted by Gasteiger charge is 2.21. The smallest absolute Gasteiger partial charge is 0.111 e. The van der Waals surface area contributed by atoms with Gasteiger partial charge in [-0.2, -0.15) is 0 Å². The highest BCUT2D eigenvalue weighted by atomic mass is 35.5. The van der Waals surface area contributed by atoms with E-state index in [1.807, 2.05) is 18.2 Å². The van der Waals surface area contributed by atoms with Crippen LogP contribution in [0, 0.1) is 5.92 Å². The van der Waals surface area contributed by atoms with Gasteiger partial charge in [-0.15, -0.1) is 11.6 Å². The summed E-state index contributed by atoms with van der Waals surface area (Å²) in [6, 6.07) is 6.06. The fraction of sp³-hybridized carbons (Fsp3) is 0.533. The standard InChI is InChI=1S/C15H20Cl2N2O/c1-10(2)14(9-20-3)19-13-5-4-11(17)8-12(13)18-15(19)6-7-16/h4-5,8,10,14H,6-7,9H2,1-3H3. The molecule has 110 valence electrons. The number of aryl methyl sites for hydroxylation is 1. The summed E-state index contributed by atoms with van der Waals surface area (Å²) in [6.07, 6.45) is 0.737. The molecule has 20 heavy (non-hydrogen) atoms. The molecule has 1 aromatic heterocycles. The third-order valence-corrected chi connectivity index (χ3v) is 3.91. The minimum atomic E-state index is 0.240. The van der Waals surface area contributed by atoms with Crippen LogP contribution < -0.4 is 0 Å². The molecule has 0 spiro atoms. The molecular weight excluding hydrogens is 295 g/mol. The zero-order valence-corrected chi connectivity index (χ0v) is 13.6. The van der Waals surface area contributed by atoms with Crippen molar-refractivity contribution in [2.75, 3.05) is 19.6 Å². The van der Waals surface area contributed by atoms with Gasteiger partial charge >= 0.3 is 0 Å². The van der Waals surface area contributed by atoms with Crippen LogP contribution in [0.5, 0.6) is 0 Å². The zero-order valence-electron chi connectivity index (χ0n) is 12.1. The van der Waals surface area contributed by atoms with Crippen molar-refractivity contribution in [3.8, 4) is 0 Å². The Morgan fingerprint density at radius 2 is 2.10 bits per heavy atom. The Morgan fingerprint density at radius 3 is 2.70 bits per heavy atom. The van der Waals surface area contributed by atoms with E-state index in [0.717, 1.165) is 23.3 Å². The van der Waals surface area contributed by atoms with Crippen molar-refractivity contribution in [1.82, 2.24) is 9.55 Å². The van der Waals surface area contributed by atoms with Crippen molar-refractivity contribution >= 4 is 34.2 Å². The molecule has 0 saturated heterocycles. The lowest BCUT2D eigenvalue weighted by molar-refractivity contribution is 0.133. The van der Waals surface area contributed by atoms with Crippen molar-refractivity contribution in [2.45, 2.75) is 26.3 Å². The largest absolute Gasteiger partial charge is 0.383 e. The van der Waals surface area contributed by atoms with E-state index in [1.165, 1.54) is 0 Å². The van der Waals surface area contributed by atoms with Crippen LogP contribution in [0.4, 0.5) is 0 Å². The van der Waals surface area contributed by atoms with E-state index < -0.39 is 0 Å². The molecule has 0 saturated carbocycles. The monoisotopic (exact) mass is 314 g/mol. The summed E-state index contributed by atoms with van der Waals surface area (Å²) in [5, 5.41) is 0.701. The molecule has 0 radical (unpaired) electrons. The first-order chi connectivity index (χ1) is 9.58. The van der Waals surface area contributed by atoms with Crippen molar-refractivity contribution < 1.29 is 4.74 Å². The molecule has 1 unspecified atom stereocenters. The Kier molecular flexibility index (Phi) is 5.30. The predicted molar refractivity (Wildman–Crippen MR) is 84.9 cm³/mol. The van der Waals surface area contributed by atoms with Crippen LogP contribution >= 0.6 is 23.2 Å². The normalized spacial score (nSPS) is 13.3. The summed E-state index contributed by atoms with van der Waals surface area (Å²) in [7, 11) is 1.73. The van der Waals surface area contributed by atoms with Gasteiger partial charge in [0, 0.05) is 24.4 Å². The number of imidazole rings is 1. The van der Waals surface area contributed by atoms with Crippen molar-refractivity contribution in [3.05, 3.63) is 29.0 Å². The molecule has 0 aliphatic rings. The van der Waals surface area contributed by atoms with E-state index in [4.69, 9.17) is 27.9 Å². The number of hydrogen-bond acceptors (Lipinski definition) is 2. The Balaban J connectivity index is 2.60. The minimum Gasteiger partial charge on any atom is -0.383 e. The number of methoxy groups -OCH3 is 1. The average molecular weight is 315 g/mol. The van der Waals surface area contributed by atoms with Gasteiger partial charge in [0.1, 0.15) is 5.82 Å². The van der Waals surface area contributed by atoms with Crippen LogP contribution in [0.15, 0.2) is 18.2 Å². The lowest BCUT2D eigenvalue weighted by Gasteiger charge is -2.24. The van der Waals surface area contributed by atoms with E-state index >= 15 is 0 Å². The van der Waals surface area contributed by atoms with Gasteiger partial charge in [0.15, 0.2) is 0 Å². The van der Waals surface area contributed by atoms with E-state index in [9.17, 15) is 0 Å². The summed E-state index contributed by atoms with van der Waals surface area (Å²) in [5.41, 5.74) is 2.00. The molecule has 0 aliphatic heterocycles. The van der Waals surface area contributed by atoms with Gasteiger partial charge in [0.05, 0.1) is 23.7 Å². The Hall–Kier alpha value is -0.770. The van der Waals surface area contributed by atoms with Gasteiger partial charge in [0.25, 0.3) is 0 Å². The van der Waals surface area contributed by atoms with Crippen molar-refractivity contribution in [3.63, 3.8) is 0 Å². The van der Waals surface area contributed by atoms with Gasteiger partial charge in [-0.3, -0.25) is 0 Å². The number of halogens is 2. The molecular formula is C15H20Cl2N2O. The fourth-order valence-corrected chi connectivity index (χ4v) is 2.82. The van der Waals surface area contributed by atoms with E-state index in [2.05, 4.69) is 23.4 Å². The van der Waals surface area contributed by atoms with E-state index in [-0.39, 0.29) is 6.04 Å². The Bertz CT molecular complexity index is 581. The number of alkyl halides is 1. The van der Waals surface area contributed by atoms with E-state index in [1.54, 1.807) is 7.11 Å². The molecule has 1 aromatic carbocycles. The minimum absolute atomic E-state index is 0.240. The quantitative estimate of drug-likeness (QED) is 0.743. The lowest BCUT2D eigenvalue weighted by Crippen LogP contribution is -2.22. The maximum absolute atomic E-state index is 6.06. The molecule has 2 aromatic rings. The van der Waals surface area contributed by atoms with Crippen LogP contribution in [-0.2, 0) is 11.2 Å². The number of hydrogen-bond donors (Lipinski definition) is 0. The molecule has 2 rings (SSSR count). The van der Waals surface area contributed by atoms with Crippen molar-refractivity contribution in [2.24, 2.45) is 5.92 Å². The highest BCUT2D eigenvalue weighted by molar-refractivity contribution is 6.31. The second kappa shape index (κ2) is 6.79. The summed E-state index contributed by atoms with van der Waals surface area (Å²) < 4.78 is 7.64. The number of nitrogens with zero attached hydrogens (tertiary/aromatic N) is 2. The van der Waals surface area contributed by atoms with Crippen molar-refractivity contribution in [1.29, 1.82) is 0 Å². The third-order valence-electron chi connectivity index (χ3n) is 3.48.